The third-order valence-corrected chi connectivity index (χ3v) is 5.08. The fourth-order valence-corrected chi connectivity index (χ4v) is 3.90. The van der Waals surface area contributed by atoms with E-state index in [2.05, 4.69) is 78.9 Å². The van der Waals surface area contributed by atoms with Crippen LogP contribution in [0.1, 0.15) is 10.4 Å². The zero-order chi connectivity index (χ0) is 16.2. The van der Waals surface area contributed by atoms with Crippen molar-refractivity contribution in [3.05, 3.63) is 101 Å². The van der Waals surface area contributed by atoms with Gasteiger partial charge in [0.1, 0.15) is 5.01 Å². The van der Waals surface area contributed by atoms with Gasteiger partial charge >= 0.3 is 0 Å². The fourth-order valence-electron chi connectivity index (χ4n) is 2.78. The summed E-state index contributed by atoms with van der Waals surface area (Å²) >= 11 is 1.79. The van der Waals surface area contributed by atoms with Crippen molar-refractivity contribution in [3.8, 4) is 21.8 Å². The maximum Gasteiger partial charge on any atom is 0.124 e. The molecule has 0 atom stereocenters. The Kier molecular flexibility index (Phi) is 4.22. The Bertz CT molecular complexity index is 912. The summed E-state index contributed by atoms with van der Waals surface area (Å²) in [6.45, 7) is 0. The summed E-state index contributed by atoms with van der Waals surface area (Å²) in [5.41, 5.74) is 4.78. The maximum atomic E-state index is 4.97. The molecule has 4 rings (SSSR count). The fraction of sp³-hybridized carbons (Fsp3) is 0.0455. The third kappa shape index (κ3) is 3.15. The van der Waals surface area contributed by atoms with Crippen LogP contribution in [0, 0.1) is 0 Å². The Labute approximate surface area is 146 Å². The lowest BCUT2D eigenvalue weighted by Gasteiger charge is -2.02. The van der Waals surface area contributed by atoms with Gasteiger partial charge in [-0.1, -0.05) is 91.0 Å². The van der Waals surface area contributed by atoms with Crippen LogP contribution in [0.2, 0.25) is 0 Å². The lowest BCUT2D eigenvalue weighted by Crippen LogP contribution is -1.88. The first kappa shape index (κ1) is 14.9. The Hall–Kier alpha value is -2.71. The molecule has 0 N–H and O–H groups in total. The summed E-state index contributed by atoms with van der Waals surface area (Å²) in [5.74, 6) is 0. The van der Waals surface area contributed by atoms with E-state index in [4.69, 9.17) is 4.98 Å². The molecule has 0 saturated heterocycles. The molecule has 4 aromatic rings. The molecule has 1 heterocycles. The second kappa shape index (κ2) is 6.81. The van der Waals surface area contributed by atoms with Gasteiger partial charge in [-0.15, -0.1) is 11.3 Å². The van der Waals surface area contributed by atoms with Gasteiger partial charge in [0.2, 0.25) is 0 Å². The first-order valence-corrected chi connectivity index (χ1v) is 8.86. The molecule has 0 saturated carbocycles. The van der Waals surface area contributed by atoms with Crippen LogP contribution in [-0.2, 0) is 6.42 Å². The highest BCUT2D eigenvalue weighted by Gasteiger charge is 2.14. The van der Waals surface area contributed by atoms with Gasteiger partial charge in [0.05, 0.1) is 5.69 Å². The number of rotatable bonds is 4. The Morgan fingerprint density at radius 3 is 1.79 bits per heavy atom. The summed E-state index contributed by atoms with van der Waals surface area (Å²) in [6, 6.07) is 31.5. The summed E-state index contributed by atoms with van der Waals surface area (Å²) in [4.78, 5) is 6.28. The highest BCUT2D eigenvalue weighted by molar-refractivity contribution is 7.15. The standard InChI is InChI=1S/C22H17NS/c1-4-10-17(11-5-1)16-20-21(18-12-6-2-7-13-18)23-22(24-20)19-14-8-3-9-15-19/h1-15H,16H2. The molecule has 2 heteroatoms. The summed E-state index contributed by atoms with van der Waals surface area (Å²) in [7, 11) is 0. The van der Waals surface area contributed by atoms with Gasteiger partial charge in [-0.25, -0.2) is 4.98 Å². The molecule has 0 aliphatic rings. The molecular formula is C22H17NS. The first-order chi connectivity index (χ1) is 11.9. The van der Waals surface area contributed by atoms with E-state index in [0.717, 1.165) is 17.1 Å². The normalized spacial score (nSPS) is 10.7. The van der Waals surface area contributed by atoms with Crippen LogP contribution in [0.25, 0.3) is 21.8 Å². The molecular weight excluding hydrogens is 310 g/mol. The van der Waals surface area contributed by atoms with Gasteiger partial charge in [-0.05, 0) is 5.56 Å². The van der Waals surface area contributed by atoms with Crippen molar-refractivity contribution in [2.75, 3.05) is 0 Å². The molecule has 24 heavy (non-hydrogen) atoms. The average molecular weight is 327 g/mol. The van der Waals surface area contributed by atoms with Gasteiger partial charge in [0.25, 0.3) is 0 Å². The van der Waals surface area contributed by atoms with Crippen LogP contribution in [0.4, 0.5) is 0 Å². The molecule has 0 bridgehead atoms. The maximum absolute atomic E-state index is 4.97. The summed E-state index contributed by atoms with van der Waals surface area (Å²) < 4.78 is 0. The SMILES string of the molecule is c1ccc(Cc2sc(-c3ccccc3)nc2-c2ccccc2)cc1. The molecule has 116 valence electrons. The number of benzene rings is 3. The van der Waals surface area contributed by atoms with Crippen molar-refractivity contribution in [1.29, 1.82) is 0 Å². The molecule has 0 fully saturated rings. The van der Waals surface area contributed by atoms with E-state index in [1.165, 1.54) is 21.6 Å². The third-order valence-electron chi connectivity index (χ3n) is 3.97. The second-order valence-electron chi connectivity index (χ2n) is 5.69. The molecule has 1 aromatic heterocycles. The Balaban J connectivity index is 1.80. The number of aromatic nitrogens is 1. The van der Waals surface area contributed by atoms with Crippen LogP contribution in [0.5, 0.6) is 0 Å². The van der Waals surface area contributed by atoms with Crippen molar-refractivity contribution in [2.45, 2.75) is 6.42 Å². The molecule has 0 radical (unpaired) electrons. The van der Waals surface area contributed by atoms with E-state index in [-0.39, 0.29) is 0 Å². The van der Waals surface area contributed by atoms with Crippen molar-refractivity contribution in [2.24, 2.45) is 0 Å². The lowest BCUT2D eigenvalue weighted by molar-refractivity contribution is 1.22. The topological polar surface area (TPSA) is 12.9 Å². The average Bonchev–Trinajstić information content (AvgIpc) is 3.08. The molecule has 0 aliphatic heterocycles. The van der Waals surface area contributed by atoms with E-state index in [1.807, 2.05) is 12.1 Å². The van der Waals surface area contributed by atoms with Crippen LogP contribution < -0.4 is 0 Å². The van der Waals surface area contributed by atoms with Crippen molar-refractivity contribution >= 4 is 11.3 Å². The van der Waals surface area contributed by atoms with Crippen LogP contribution in [0.3, 0.4) is 0 Å². The highest BCUT2D eigenvalue weighted by Crippen LogP contribution is 2.35. The zero-order valence-corrected chi connectivity index (χ0v) is 14.0. The minimum Gasteiger partial charge on any atom is -0.236 e. The molecule has 0 unspecified atom stereocenters. The Morgan fingerprint density at radius 2 is 1.17 bits per heavy atom. The first-order valence-electron chi connectivity index (χ1n) is 8.04. The molecule has 0 aliphatic carbocycles. The van der Waals surface area contributed by atoms with E-state index in [1.54, 1.807) is 11.3 Å². The predicted octanol–water partition coefficient (Wildman–Crippen LogP) is 6.07. The number of thiazole rings is 1. The minimum atomic E-state index is 0.912. The van der Waals surface area contributed by atoms with Crippen LogP contribution in [0.15, 0.2) is 91.0 Å². The van der Waals surface area contributed by atoms with Gasteiger partial charge in [-0.2, -0.15) is 0 Å². The van der Waals surface area contributed by atoms with Gasteiger partial charge < -0.3 is 0 Å². The van der Waals surface area contributed by atoms with Gasteiger partial charge in [0.15, 0.2) is 0 Å². The second-order valence-corrected chi connectivity index (χ2v) is 6.77. The molecule has 3 aromatic carbocycles. The van der Waals surface area contributed by atoms with E-state index in [9.17, 15) is 0 Å². The highest BCUT2D eigenvalue weighted by atomic mass is 32.1. The van der Waals surface area contributed by atoms with Crippen molar-refractivity contribution < 1.29 is 0 Å². The van der Waals surface area contributed by atoms with Crippen molar-refractivity contribution in [1.82, 2.24) is 4.98 Å². The van der Waals surface area contributed by atoms with Crippen molar-refractivity contribution in [3.63, 3.8) is 0 Å². The quantitative estimate of drug-likeness (QED) is 0.443. The molecule has 1 nitrogen and oxygen atoms in total. The van der Waals surface area contributed by atoms with Crippen LogP contribution >= 0.6 is 11.3 Å². The molecule has 0 amide bonds. The Morgan fingerprint density at radius 1 is 0.625 bits per heavy atom. The number of nitrogens with zero attached hydrogens (tertiary/aromatic N) is 1. The van der Waals surface area contributed by atoms with E-state index < -0.39 is 0 Å². The summed E-state index contributed by atoms with van der Waals surface area (Å²) in [5, 5.41) is 1.08. The predicted molar refractivity (Wildman–Crippen MR) is 102 cm³/mol. The van der Waals surface area contributed by atoms with E-state index in [0.29, 0.717) is 0 Å². The van der Waals surface area contributed by atoms with E-state index >= 15 is 0 Å². The summed E-state index contributed by atoms with van der Waals surface area (Å²) in [6.07, 6.45) is 0.912. The number of hydrogen-bond donors (Lipinski definition) is 0. The van der Waals surface area contributed by atoms with Crippen LogP contribution in [-0.4, -0.2) is 4.98 Å². The van der Waals surface area contributed by atoms with Gasteiger partial charge in [-0.3, -0.25) is 0 Å². The zero-order valence-electron chi connectivity index (χ0n) is 13.2. The largest absolute Gasteiger partial charge is 0.236 e. The smallest absolute Gasteiger partial charge is 0.124 e. The lowest BCUT2D eigenvalue weighted by atomic mass is 10.1. The monoisotopic (exact) mass is 327 g/mol. The molecule has 0 spiro atoms. The minimum absolute atomic E-state index is 0.912. The van der Waals surface area contributed by atoms with Gasteiger partial charge in [0, 0.05) is 22.4 Å². The number of hydrogen-bond acceptors (Lipinski definition) is 2.